The third-order valence-corrected chi connectivity index (χ3v) is 3.50. The van der Waals surface area contributed by atoms with Gasteiger partial charge >= 0.3 is 0 Å². The van der Waals surface area contributed by atoms with Gasteiger partial charge in [0.1, 0.15) is 5.75 Å². The zero-order valence-corrected chi connectivity index (χ0v) is 12.4. The molecule has 0 amide bonds. The number of halogens is 3. The molecular formula is C15H14Cl2FNO. The zero-order chi connectivity index (χ0) is 14.7. The summed E-state index contributed by atoms with van der Waals surface area (Å²) in [5, 5.41) is 0.773. The zero-order valence-electron chi connectivity index (χ0n) is 10.9. The summed E-state index contributed by atoms with van der Waals surface area (Å²) < 4.78 is 19.9. The van der Waals surface area contributed by atoms with Gasteiger partial charge in [0.25, 0.3) is 0 Å². The van der Waals surface area contributed by atoms with Gasteiger partial charge in [-0.25, -0.2) is 4.39 Å². The molecule has 2 N–H and O–H groups in total. The summed E-state index contributed by atoms with van der Waals surface area (Å²) in [4.78, 5) is 0. The lowest BCUT2D eigenvalue weighted by Gasteiger charge is -2.15. The number of rotatable bonds is 4. The topological polar surface area (TPSA) is 35.2 Å². The van der Waals surface area contributed by atoms with Crippen LogP contribution in [0.4, 0.5) is 4.39 Å². The molecule has 2 aromatic carbocycles. The number of hydrogen-bond donors (Lipinski definition) is 1. The molecule has 0 radical (unpaired) electrons. The van der Waals surface area contributed by atoms with Crippen LogP contribution in [0.25, 0.3) is 0 Å². The fraction of sp³-hybridized carbons (Fsp3) is 0.200. The monoisotopic (exact) mass is 313 g/mol. The molecule has 0 fully saturated rings. The summed E-state index contributed by atoms with van der Waals surface area (Å²) in [6, 6.07) is 9.38. The van der Waals surface area contributed by atoms with Gasteiger partial charge in [0, 0.05) is 16.6 Å². The van der Waals surface area contributed by atoms with Crippen molar-refractivity contribution in [3.05, 3.63) is 57.8 Å². The van der Waals surface area contributed by atoms with Crippen LogP contribution in [-0.2, 0) is 0 Å². The highest BCUT2D eigenvalue weighted by Crippen LogP contribution is 2.36. The summed E-state index contributed by atoms with van der Waals surface area (Å²) in [6.07, 6.45) is 0.624. The van der Waals surface area contributed by atoms with E-state index in [1.54, 1.807) is 36.4 Å². The van der Waals surface area contributed by atoms with Gasteiger partial charge in [-0.15, -0.1) is 0 Å². The summed E-state index contributed by atoms with van der Waals surface area (Å²) >= 11 is 11.8. The van der Waals surface area contributed by atoms with Crippen LogP contribution in [0.3, 0.4) is 0 Å². The molecule has 0 aliphatic carbocycles. The van der Waals surface area contributed by atoms with Gasteiger partial charge in [-0.05, 0) is 36.8 Å². The van der Waals surface area contributed by atoms with Crippen molar-refractivity contribution >= 4 is 23.2 Å². The van der Waals surface area contributed by atoms with E-state index in [0.29, 0.717) is 22.8 Å². The molecule has 20 heavy (non-hydrogen) atoms. The normalized spacial score (nSPS) is 12.2. The number of ether oxygens (including phenoxy) is 1. The molecule has 2 rings (SSSR count). The van der Waals surface area contributed by atoms with Crippen LogP contribution in [0, 0.1) is 5.82 Å². The minimum absolute atomic E-state index is 0.0182. The summed E-state index contributed by atoms with van der Waals surface area (Å²) in [6.45, 7) is 1.89. The smallest absolute Gasteiger partial charge is 0.181 e. The highest BCUT2D eigenvalue weighted by atomic mass is 35.5. The Kier molecular flexibility index (Phi) is 4.86. The molecule has 0 aliphatic heterocycles. The molecular weight excluding hydrogens is 300 g/mol. The molecule has 0 bridgehead atoms. The first-order valence-corrected chi connectivity index (χ1v) is 6.95. The molecule has 0 unspecified atom stereocenters. The fourth-order valence-corrected chi connectivity index (χ4v) is 2.08. The first-order chi connectivity index (χ1) is 9.52. The Morgan fingerprint density at radius 3 is 2.40 bits per heavy atom. The molecule has 0 saturated heterocycles. The lowest BCUT2D eigenvalue weighted by atomic mass is 10.0. The van der Waals surface area contributed by atoms with Crippen LogP contribution in [0.15, 0.2) is 36.4 Å². The Morgan fingerprint density at radius 2 is 1.80 bits per heavy atom. The van der Waals surface area contributed by atoms with Crippen LogP contribution in [0.5, 0.6) is 11.5 Å². The van der Waals surface area contributed by atoms with Crippen molar-refractivity contribution in [3.63, 3.8) is 0 Å². The van der Waals surface area contributed by atoms with E-state index in [9.17, 15) is 4.39 Å². The minimum Gasteiger partial charge on any atom is -0.453 e. The molecule has 0 aliphatic rings. The predicted octanol–water partition coefficient (Wildman–Crippen LogP) is 5.33. The molecule has 0 spiro atoms. The number of benzene rings is 2. The number of hydrogen-bond acceptors (Lipinski definition) is 2. The Bertz CT molecular complexity index is 602. The van der Waals surface area contributed by atoms with Crippen LogP contribution >= 0.6 is 23.2 Å². The highest BCUT2D eigenvalue weighted by Gasteiger charge is 2.18. The largest absolute Gasteiger partial charge is 0.453 e. The predicted molar refractivity (Wildman–Crippen MR) is 80.2 cm³/mol. The quantitative estimate of drug-likeness (QED) is 0.827. The maximum atomic E-state index is 14.4. The van der Waals surface area contributed by atoms with Crippen LogP contribution in [-0.4, -0.2) is 0 Å². The molecule has 0 saturated carbocycles. The third kappa shape index (κ3) is 3.23. The van der Waals surface area contributed by atoms with Crippen molar-refractivity contribution in [1.29, 1.82) is 0 Å². The Labute approximate surface area is 127 Å². The standard InChI is InChI=1S/C15H14Cl2FNO/c1-2-13(19)11-7-8-12(17)15(14(11)18)20-10-5-3-9(16)4-6-10/h3-8,13H,2,19H2,1H3/t13-/m1/s1. The van der Waals surface area contributed by atoms with Crippen molar-refractivity contribution in [2.75, 3.05) is 0 Å². The van der Waals surface area contributed by atoms with Gasteiger partial charge in [0.15, 0.2) is 11.6 Å². The molecule has 1 atom stereocenters. The molecule has 106 valence electrons. The Morgan fingerprint density at radius 1 is 1.15 bits per heavy atom. The summed E-state index contributed by atoms with van der Waals surface area (Å²) in [5.74, 6) is -0.0883. The first-order valence-electron chi connectivity index (χ1n) is 6.19. The average Bonchev–Trinajstić information content (AvgIpc) is 2.45. The van der Waals surface area contributed by atoms with Crippen molar-refractivity contribution < 1.29 is 9.13 Å². The van der Waals surface area contributed by atoms with Gasteiger partial charge < -0.3 is 10.5 Å². The van der Waals surface area contributed by atoms with Crippen LogP contribution < -0.4 is 10.5 Å². The maximum Gasteiger partial charge on any atom is 0.181 e. The van der Waals surface area contributed by atoms with Crippen LogP contribution in [0.2, 0.25) is 10.0 Å². The van der Waals surface area contributed by atoms with E-state index in [4.69, 9.17) is 33.7 Å². The lowest BCUT2D eigenvalue weighted by molar-refractivity contribution is 0.434. The van der Waals surface area contributed by atoms with E-state index in [1.165, 1.54) is 0 Å². The minimum atomic E-state index is -0.526. The molecule has 0 aromatic heterocycles. The second-order valence-electron chi connectivity index (χ2n) is 4.35. The fourth-order valence-electron chi connectivity index (χ4n) is 1.77. The Hall–Kier alpha value is -1.29. The second kappa shape index (κ2) is 6.44. The molecule has 2 nitrogen and oxygen atoms in total. The lowest BCUT2D eigenvalue weighted by Crippen LogP contribution is -2.11. The van der Waals surface area contributed by atoms with E-state index < -0.39 is 5.82 Å². The van der Waals surface area contributed by atoms with E-state index in [-0.39, 0.29) is 16.8 Å². The first kappa shape index (κ1) is 15.1. The van der Waals surface area contributed by atoms with E-state index in [0.717, 1.165) is 0 Å². The van der Waals surface area contributed by atoms with E-state index >= 15 is 0 Å². The van der Waals surface area contributed by atoms with Gasteiger partial charge in [-0.1, -0.05) is 36.2 Å². The van der Waals surface area contributed by atoms with Crippen LogP contribution in [0.1, 0.15) is 24.9 Å². The molecule has 5 heteroatoms. The van der Waals surface area contributed by atoms with Crippen molar-refractivity contribution in [3.8, 4) is 11.5 Å². The summed E-state index contributed by atoms with van der Waals surface area (Å²) in [7, 11) is 0. The average molecular weight is 314 g/mol. The highest BCUT2D eigenvalue weighted by molar-refractivity contribution is 6.32. The van der Waals surface area contributed by atoms with Crippen molar-refractivity contribution in [1.82, 2.24) is 0 Å². The molecule has 2 aromatic rings. The van der Waals surface area contributed by atoms with Gasteiger partial charge in [-0.3, -0.25) is 0 Å². The van der Waals surface area contributed by atoms with Gasteiger partial charge in [0.05, 0.1) is 5.02 Å². The van der Waals surface area contributed by atoms with Gasteiger partial charge in [0.2, 0.25) is 0 Å². The summed E-state index contributed by atoms with van der Waals surface area (Å²) in [5.41, 5.74) is 6.26. The number of nitrogens with two attached hydrogens (primary N) is 1. The van der Waals surface area contributed by atoms with Crippen molar-refractivity contribution in [2.45, 2.75) is 19.4 Å². The third-order valence-electron chi connectivity index (χ3n) is 2.95. The molecule has 0 heterocycles. The van der Waals surface area contributed by atoms with E-state index in [2.05, 4.69) is 0 Å². The second-order valence-corrected chi connectivity index (χ2v) is 5.19. The van der Waals surface area contributed by atoms with Crippen molar-refractivity contribution in [2.24, 2.45) is 5.73 Å². The maximum absolute atomic E-state index is 14.4. The Balaban J connectivity index is 2.37. The van der Waals surface area contributed by atoms with Gasteiger partial charge in [-0.2, -0.15) is 0 Å². The van der Waals surface area contributed by atoms with E-state index in [1.807, 2.05) is 6.92 Å². The SMILES string of the molecule is CC[C@@H](N)c1ccc(Cl)c(Oc2ccc(Cl)cc2)c1F.